The maximum absolute atomic E-state index is 15.2. The summed E-state index contributed by atoms with van der Waals surface area (Å²) in [4.78, 5) is 29.8. The Kier molecular flexibility index (Phi) is 8.05. The van der Waals surface area contributed by atoms with Crippen molar-refractivity contribution in [2.75, 3.05) is 10.6 Å². The van der Waals surface area contributed by atoms with Crippen LogP contribution in [0.25, 0.3) is 10.9 Å². The summed E-state index contributed by atoms with van der Waals surface area (Å²) in [5, 5.41) is 16.1. The van der Waals surface area contributed by atoms with Crippen molar-refractivity contribution in [3.63, 3.8) is 0 Å². The second-order valence-electron chi connectivity index (χ2n) is 10.0. The molecule has 0 aliphatic carbocycles. The van der Waals surface area contributed by atoms with E-state index < -0.39 is 35.5 Å². The third-order valence-corrected chi connectivity index (χ3v) is 6.79. The van der Waals surface area contributed by atoms with Crippen molar-refractivity contribution in [1.29, 1.82) is 0 Å². The number of nitrogens with two attached hydrogens (primary N) is 1. The fourth-order valence-corrected chi connectivity index (χ4v) is 4.94. The normalized spacial score (nSPS) is 13.1. The zero-order chi connectivity index (χ0) is 28.3. The molecule has 1 aromatic carbocycles. The number of rotatable bonds is 9. The number of aryl methyl sites for hydroxylation is 1. The predicted octanol–water partition coefficient (Wildman–Crippen LogP) is 5.56. The van der Waals surface area contributed by atoms with Crippen molar-refractivity contribution < 1.29 is 18.7 Å². The first kappa shape index (κ1) is 27.8. The minimum atomic E-state index is -0.829. The summed E-state index contributed by atoms with van der Waals surface area (Å²) in [6.45, 7) is 9.82. The van der Waals surface area contributed by atoms with Crippen LogP contribution in [0.4, 0.5) is 26.5 Å². The molecule has 206 valence electrons. The van der Waals surface area contributed by atoms with Gasteiger partial charge in [0.25, 0.3) is 5.91 Å². The molecule has 0 saturated heterocycles. The molecule has 10 nitrogen and oxygen atoms in total. The molecule has 2 atom stereocenters. The number of fused-ring (bicyclic) bond motifs is 1. The Bertz CT molecular complexity index is 1480. The molecule has 3 aromatic heterocycles. The number of carbonyl (C=O) groups is 2. The Morgan fingerprint density at radius 2 is 1.97 bits per heavy atom. The summed E-state index contributed by atoms with van der Waals surface area (Å²) in [5.74, 6) is -1.62. The Hall–Kier alpha value is -4.19. The van der Waals surface area contributed by atoms with E-state index in [1.54, 1.807) is 33.9 Å². The lowest BCUT2D eigenvalue weighted by atomic mass is 10.1. The van der Waals surface area contributed by atoms with Crippen LogP contribution in [0.3, 0.4) is 0 Å². The largest absolute Gasteiger partial charge is 0.444 e. The molecule has 3 heterocycles. The number of alkyl carbamates (subject to hydrolysis) is 1. The quantitative estimate of drug-likeness (QED) is 0.213. The van der Waals surface area contributed by atoms with E-state index in [9.17, 15) is 9.59 Å². The average Bonchev–Trinajstić information content (AvgIpc) is 3.52. The highest BCUT2D eigenvalue weighted by Gasteiger charge is 2.27. The Balaban J connectivity index is 1.65. The second-order valence-corrected chi connectivity index (χ2v) is 11.0. The van der Waals surface area contributed by atoms with Gasteiger partial charge in [-0.1, -0.05) is 6.07 Å². The van der Waals surface area contributed by atoms with Crippen molar-refractivity contribution in [2.45, 2.75) is 58.8 Å². The van der Waals surface area contributed by atoms with Crippen molar-refractivity contribution >= 4 is 51.6 Å². The third-order valence-electron chi connectivity index (χ3n) is 5.83. The van der Waals surface area contributed by atoms with Gasteiger partial charge in [-0.15, -0.1) is 11.3 Å². The maximum atomic E-state index is 15.2. The van der Waals surface area contributed by atoms with E-state index in [-0.39, 0.29) is 17.2 Å². The highest BCUT2D eigenvalue weighted by molar-refractivity contribution is 7.10. The van der Waals surface area contributed by atoms with Crippen molar-refractivity contribution in [3.8, 4) is 0 Å². The lowest BCUT2D eigenvalue weighted by Crippen LogP contribution is -2.42. The minimum absolute atomic E-state index is 0.0892. The van der Waals surface area contributed by atoms with Gasteiger partial charge < -0.3 is 26.4 Å². The molecule has 0 radical (unpaired) electrons. The Morgan fingerprint density at radius 3 is 2.62 bits per heavy atom. The van der Waals surface area contributed by atoms with Crippen LogP contribution in [0.1, 0.15) is 55.9 Å². The molecule has 0 saturated carbocycles. The van der Waals surface area contributed by atoms with E-state index in [1.807, 2.05) is 47.3 Å². The fraction of sp³-hybridized carbons (Fsp3) is 0.333. The third kappa shape index (κ3) is 6.63. The van der Waals surface area contributed by atoms with Crippen LogP contribution >= 0.6 is 11.3 Å². The van der Waals surface area contributed by atoms with E-state index in [2.05, 4.69) is 26.0 Å². The smallest absolute Gasteiger partial charge is 0.407 e. The van der Waals surface area contributed by atoms with E-state index in [1.165, 1.54) is 11.3 Å². The molecule has 0 aliphatic heterocycles. The van der Waals surface area contributed by atoms with E-state index in [4.69, 9.17) is 10.5 Å². The molecule has 0 spiro atoms. The van der Waals surface area contributed by atoms with Gasteiger partial charge in [-0.2, -0.15) is 5.10 Å². The molecule has 0 unspecified atom stereocenters. The number of hydrogen-bond acceptors (Lipinski definition) is 8. The zero-order valence-electron chi connectivity index (χ0n) is 22.4. The van der Waals surface area contributed by atoms with Crippen molar-refractivity contribution in [2.24, 2.45) is 5.73 Å². The van der Waals surface area contributed by atoms with Gasteiger partial charge in [0.15, 0.2) is 11.6 Å². The summed E-state index contributed by atoms with van der Waals surface area (Å²) >= 11 is 1.44. The summed E-state index contributed by atoms with van der Waals surface area (Å²) in [6, 6.07) is 9.30. The number of anilines is 3. The van der Waals surface area contributed by atoms with E-state index in [0.717, 1.165) is 28.4 Å². The SMILES string of the molecule is CCn1ncc2cc(Nc3nc(N[C@H](c4cccs4)[C@H](C)NC(=O)OC(C)(C)C)c(F)cc3C(N)=O)ccc21. The van der Waals surface area contributed by atoms with Gasteiger partial charge >= 0.3 is 6.09 Å². The van der Waals surface area contributed by atoms with Gasteiger partial charge in [0, 0.05) is 22.5 Å². The molecule has 2 amide bonds. The van der Waals surface area contributed by atoms with Crippen LogP contribution in [-0.4, -0.2) is 38.4 Å². The molecule has 4 rings (SSSR count). The number of ether oxygens (including phenoxy) is 1. The predicted molar refractivity (Wildman–Crippen MR) is 151 cm³/mol. The van der Waals surface area contributed by atoms with Gasteiger partial charge in [-0.3, -0.25) is 9.48 Å². The van der Waals surface area contributed by atoms with Crippen LogP contribution in [0.2, 0.25) is 0 Å². The minimum Gasteiger partial charge on any atom is -0.444 e. The molecule has 0 fully saturated rings. The van der Waals surface area contributed by atoms with E-state index in [0.29, 0.717) is 5.69 Å². The number of amides is 2. The first-order valence-corrected chi connectivity index (χ1v) is 13.4. The number of aromatic nitrogens is 3. The van der Waals surface area contributed by atoms with Crippen LogP contribution < -0.4 is 21.7 Å². The lowest BCUT2D eigenvalue weighted by Gasteiger charge is -2.28. The topological polar surface area (TPSA) is 136 Å². The van der Waals surface area contributed by atoms with Crippen LogP contribution in [-0.2, 0) is 11.3 Å². The molecular formula is C27H32FN7O3S. The summed E-state index contributed by atoms with van der Waals surface area (Å²) in [5.41, 5.74) is 6.36. The van der Waals surface area contributed by atoms with Crippen molar-refractivity contribution in [1.82, 2.24) is 20.1 Å². The number of thiophene rings is 1. The molecule has 12 heteroatoms. The first-order valence-electron chi connectivity index (χ1n) is 12.5. The number of carbonyl (C=O) groups excluding carboxylic acids is 2. The van der Waals surface area contributed by atoms with Gasteiger partial charge in [0.1, 0.15) is 11.4 Å². The number of nitrogens with one attached hydrogen (secondary N) is 3. The summed E-state index contributed by atoms with van der Waals surface area (Å²) < 4.78 is 22.5. The summed E-state index contributed by atoms with van der Waals surface area (Å²) in [6.07, 6.45) is 1.15. The second kappa shape index (κ2) is 11.3. The number of benzene rings is 1. The van der Waals surface area contributed by atoms with Crippen LogP contribution in [0.15, 0.2) is 48.0 Å². The van der Waals surface area contributed by atoms with Crippen LogP contribution in [0.5, 0.6) is 0 Å². The number of hydrogen-bond donors (Lipinski definition) is 4. The first-order chi connectivity index (χ1) is 18.4. The molecular weight excluding hydrogens is 521 g/mol. The molecule has 39 heavy (non-hydrogen) atoms. The van der Waals surface area contributed by atoms with Gasteiger partial charge in [0.05, 0.1) is 29.4 Å². The lowest BCUT2D eigenvalue weighted by molar-refractivity contribution is 0.0503. The molecule has 0 bridgehead atoms. The van der Waals surface area contributed by atoms with Gasteiger partial charge in [-0.05, 0) is 70.3 Å². The van der Waals surface area contributed by atoms with Gasteiger partial charge in [0.2, 0.25) is 0 Å². The molecule has 0 aliphatic rings. The Labute approximate surface area is 229 Å². The average molecular weight is 554 g/mol. The highest BCUT2D eigenvalue weighted by atomic mass is 32.1. The highest BCUT2D eigenvalue weighted by Crippen LogP contribution is 2.31. The maximum Gasteiger partial charge on any atom is 0.407 e. The zero-order valence-corrected chi connectivity index (χ0v) is 23.2. The monoisotopic (exact) mass is 553 g/mol. The van der Waals surface area contributed by atoms with Gasteiger partial charge in [-0.25, -0.2) is 14.2 Å². The Morgan fingerprint density at radius 1 is 1.21 bits per heavy atom. The van der Waals surface area contributed by atoms with E-state index >= 15 is 4.39 Å². The van der Waals surface area contributed by atoms with Crippen molar-refractivity contribution in [3.05, 3.63) is 64.2 Å². The summed E-state index contributed by atoms with van der Waals surface area (Å²) in [7, 11) is 0. The standard InChI is InChI=1S/C27H32FN7O3S/c1-6-35-20-10-9-17(12-16(20)14-30-35)32-24-18(23(29)36)13-19(28)25(34-24)33-22(21-8-7-11-39-21)15(2)31-26(37)38-27(3,4)5/h7-15,22H,6H2,1-5H3,(H2,29,36)(H,31,37)(H2,32,33,34)/t15-,22-/m0/s1. The molecule has 5 N–H and O–H groups in total. The number of nitrogens with zero attached hydrogens (tertiary/aromatic N) is 3. The number of halogens is 1. The number of pyridine rings is 1. The molecule has 4 aromatic rings. The van der Waals surface area contributed by atoms with Crippen LogP contribution in [0, 0.1) is 5.82 Å². The number of primary amides is 1. The fourth-order valence-electron chi connectivity index (χ4n) is 4.06.